The molecule has 0 amide bonds. The molecule has 2 aliphatic carbocycles. The third-order valence-electron chi connectivity index (χ3n) is 4.99. The van der Waals surface area contributed by atoms with Crippen molar-refractivity contribution in [2.24, 2.45) is 17.3 Å². The molecule has 18 heavy (non-hydrogen) atoms. The Hall–Kier alpha value is -1.09. The van der Waals surface area contributed by atoms with Crippen LogP contribution in [0.4, 0.5) is 0 Å². The van der Waals surface area contributed by atoms with Crippen LogP contribution >= 0.6 is 0 Å². The molecular formula is C15H22O3. The van der Waals surface area contributed by atoms with Crippen LogP contribution in [0, 0.1) is 17.3 Å². The molecular weight excluding hydrogens is 228 g/mol. The van der Waals surface area contributed by atoms with Crippen LogP contribution in [0.1, 0.15) is 39.5 Å². The van der Waals surface area contributed by atoms with Gasteiger partial charge in [-0.3, -0.25) is 0 Å². The van der Waals surface area contributed by atoms with Crippen molar-refractivity contribution in [3.63, 3.8) is 0 Å². The molecule has 1 saturated carbocycles. The van der Waals surface area contributed by atoms with Gasteiger partial charge in [0.2, 0.25) is 0 Å². The average Bonchev–Trinajstić information content (AvgIpc) is 2.29. The molecule has 0 aromatic heterocycles. The van der Waals surface area contributed by atoms with Crippen molar-refractivity contribution in [3.8, 4) is 0 Å². The molecule has 0 aromatic rings. The minimum Gasteiger partial charge on any atom is -0.478 e. The lowest BCUT2D eigenvalue weighted by Gasteiger charge is -2.48. The normalized spacial score (nSPS) is 39.7. The van der Waals surface area contributed by atoms with Gasteiger partial charge in [-0.2, -0.15) is 0 Å². The summed E-state index contributed by atoms with van der Waals surface area (Å²) < 4.78 is 0. The average molecular weight is 250 g/mol. The summed E-state index contributed by atoms with van der Waals surface area (Å²) in [4.78, 5) is 11.0. The number of carboxylic acid groups (broad SMARTS) is 1. The number of fused-ring (bicyclic) bond motifs is 1. The van der Waals surface area contributed by atoms with Gasteiger partial charge in [0, 0.05) is 5.57 Å². The second kappa shape index (κ2) is 4.54. The van der Waals surface area contributed by atoms with E-state index in [2.05, 4.69) is 26.5 Å². The van der Waals surface area contributed by atoms with E-state index in [0.717, 1.165) is 25.7 Å². The maximum absolute atomic E-state index is 11.0. The number of allylic oxidation sites excluding steroid dienone is 1. The van der Waals surface area contributed by atoms with E-state index in [4.69, 9.17) is 5.11 Å². The molecule has 0 aliphatic heterocycles. The number of carbonyl (C=O) groups is 1. The molecule has 100 valence electrons. The molecule has 2 N–H and O–H groups in total. The Morgan fingerprint density at radius 2 is 2.22 bits per heavy atom. The van der Waals surface area contributed by atoms with Crippen LogP contribution in [-0.4, -0.2) is 22.3 Å². The van der Waals surface area contributed by atoms with Gasteiger partial charge < -0.3 is 10.2 Å². The van der Waals surface area contributed by atoms with Crippen LogP contribution < -0.4 is 0 Å². The van der Waals surface area contributed by atoms with Crippen LogP contribution in [0.2, 0.25) is 0 Å². The quantitative estimate of drug-likeness (QED) is 0.585. The molecule has 3 nitrogen and oxygen atoms in total. The van der Waals surface area contributed by atoms with Crippen molar-refractivity contribution in [1.82, 2.24) is 0 Å². The van der Waals surface area contributed by atoms with Crippen LogP contribution in [0.5, 0.6) is 0 Å². The van der Waals surface area contributed by atoms with Gasteiger partial charge in [0.1, 0.15) is 0 Å². The van der Waals surface area contributed by atoms with Crippen LogP contribution in [-0.2, 0) is 4.79 Å². The Bertz CT molecular complexity index is 410. The lowest BCUT2D eigenvalue weighted by atomic mass is 9.57. The first-order valence-corrected chi connectivity index (χ1v) is 6.64. The van der Waals surface area contributed by atoms with E-state index in [1.54, 1.807) is 0 Å². The fraction of sp³-hybridized carbons (Fsp3) is 0.667. The molecule has 2 aliphatic rings. The summed E-state index contributed by atoms with van der Waals surface area (Å²) in [6, 6.07) is 0. The van der Waals surface area contributed by atoms with Gasteiger partial charge in [-0.25, -0.2) is 4.79 Å². The number of aliphatic hydroxyl groups is 1. The van der Waals surface area contributed by atoms with Gasteiger partial charge in [0.15, 0.2) is 0 Å². The predicted octanol–water partition coefficient (Wildman–Crippen LogP) is 2.76. The second-order valence-corrected chi connectivity index (χ2v) is 6.11. The molecule has 0 saturated heterocycles. The molecule has 1 fully saturated rings. The van der Waals surface area contributed by atoms with Crippen molar-refractivity contribution < 1.29 is 15.0 Å². The van der Waals surface area contributed by atoms with Gasteiger partial charge in [-0.15, -0.1) is 0 Å². The minimum absolute atomic E-state index is 0.0283. The summed E-state index contributed by atoms with van der Waals surface area (Å²) in [6.07, 6.45) is 5.04. The number of hydrogen-bond donors (Lipinski definition) is 2. The molecule has 0 radical (unpaired) electrons. The fourth-order valence-electron chi connectivity index (χ4n) is 3.52. The fourth-order valence-corrected chi connectivity index (χ4v) is 3.52. The van der Waals surface area contributed by atoms with Gasteiger partial charge in [-0.05, 0) is 42.9 Å². The van der Waals surface area contributed by atoms with Crippen molar-refractivity contribution in [3.05, 3.63) is 23.8 Å². The monoisotopic (exact) mass is 250 g/mol. The van der Waals surface area contributed by atoms with E-state index >= 15 is 0 Å². The Morgan fingerprint density at radius 1 is 1.56 bits per heavy atom. The number of aliphatic carboxylic acids is 1. The lowest BCUT2D eigenvalue weighted by molar-refractivity contribution is -0.133. The van der Waals surface area contributed by atoms with Gasteiger partial charge >= 0.3 is 5.97 Å². The molecule has 0 heterocycles. The summed E-state index contributed by atoms with van der Waals surface area (Å²) in [5.41, 5.74) is 1.66. The van der Waals surface area contributed by atoms with Crippen molar-refractivity contribution in [2.75, 3.05) is 0 Å². The van der Waals surface area contributed by atoms with E-state index in [1.165, 1.54) is 5.57 Å². The first-order valence-electron chi connectivity index (χ1n) is 6.64. The highest BCUT2D eigenvalue weighted by atomic mass is 16.4. The van der Waals surface area contributed by atoms with Crippen LogP contribution in [0.3, 0.4) is 0 Å². The van der Waals surface area contributed by atoms with E-state index in [1.807, 2.05) is 0 Å². The highest BCUT2D eigenvalue weighted by molar-refractivity contribution is 5.86. The number of hydrogen-bond acceptors (Lipinski definition) is 2. The molecule has 2 rings (SSSR count). The van der Waals surface area contributed by atoms with Crippen molar-refractivity contribution >= 4 is 5.97 Å². The Kier molecular flexibility index (Phi) is 3.37. The van der Waals surface area contributed by atoms with E-state index in [0.29, 0.717) is 11.5 Å². The molecule has 0 spiro atoms. The zero-order chi connectivity index (χ0) is 13.5. The smallest absolute Gasteiger partial charge is 0.331 e. The third-order valence-corrected chi connectivity index (χ3v) is 4.99. The Morgan fingerprint density at radius 3 is 2.83 bits per heavy atom. The first-order chi connectivity index (χ1) is 8.34. The summed E-state index contributed by atoms with van der Waals surface area (Å²) >= 11 is 0. The van der Waals surface area contributed by atoms with E-state index in [-0.39, 0.29) is 17.4 Å². The first kappa shape index (κ1) is 13.3. The largest absolute Gasteiger partial charge is 0.478 e. The molecule has 4 unspecified atom stereocenters. The summed E-state index contributed by atoms with van der Waals surface area (Å²) in [5, 5.41) is 18.9. The molecule has 4 atom stereocenters. The topological polar surface area (TPSA) is 57.5 Å². The van der Waals surface area contributed by atoms with Crippen molar-refractivity contribution in [2.45, 2.75) is 45.6 Å². The zero-order valence-corrected chi connectivity index (χ0v) is 11.1. The number of aliphatic hydroxyl groups excluding tert-OH is 1. The number of rotatable bonds is 2. The van der Waals surface area contributed by atoms with E-state index in [9.17, 15) is 9.90 Å². The summed E-state index contributed by atoms with van der Waals surface area (Å²) in [5.74, 6) is -0.463. The Labute approximate surface area is 108 Å². The maximum atomic E-state index is 11.0. The third kappa shape index (κ3) is 2.12. The van der Waals surface area contributed by atoms with Gasteiger partial charge in [0.05, 0.1) is 6.10 Å². The van der Waals surface area contributed by atoms with Crippen LogP contribution in [0.15, 0.2) is 23.8 Å². The van der Waals surface area contributed by atoms with Gasteiger partial charge in [-0.1, -0.05) is 32.1 Å². The molecule has 0 aromatic carbocycles. The van der Waals surface area contributed by atoms with Crippen molar-refractivity contribution in [1.29, 1.82) is 0 Å². The SMILES string of the molecule is C=C(C(=O)O)C1CC=C2CC(O)CC(C)C2(C)C1. The highest BCUT2D eigenvalue weighted by Crippen LogP contribution is 2.52. The van der Waals surface area contributed by atoms with E-state index < -0.39 is 5.97 Å². The predicted molar refractivity (Wildman–Crippen MR) is 70.1 cm³/mol. The molecule has 0 bridgehead atoms. The lowest BCUT2D eigenvalue weighted by Crippen LogP contribution is -2.41. The summed E-state index contributed by atoms with van der Waals surface area (Å²) in [6.45, 7) is 8.07. The summed E-state index contributed by atoms with van der Waals surface area (Å²) in [7, 11) is 0. The standard InChI is InChI=1S/C15H22O3/c1-9-6-13(16)7-12-5-4-11(8-15(9,12)3)10(2)14(17)18/h5,9,11,13,16H,2,4,6-8H2,1,3H3,(H,17,18). The second-order valence-electron chi connectivity index (χ2n) is 6.11. The highest BCUT2D eigenvalue weighted by Gasteiger charge is 2.44. The zero-order valence-electron chi connectivity index (χ0n) is 11.1. The van der Waals surface area contributed by atoms with Crippen LogP contribution in [0.25, 0.3) is 0 Å². The minimum atomic E-state index is -0.885. The Balaban J connectivity index is 2.25. The maximum Gasteiger partial charge on any atom is 0.331 e. The molecule has 3 heteroatoms. The van der Waals surface area contributed by atoms with Gasteiger partial charge in [0.25, 0.3) is 0 Å². The number of carboxylic acids is 1.